The summed E-state index contributed by atoms with van der Waals surface area (Å²) in [7, 11) is 0. The van der Waals surface area contributed by atoms with Gasteiger partial charge in [-0.3, -0.25) is 9.59 Å². The number of hydrogen-bond acceptors (Lipinski definition) is 2. The molecule has 1 aliphatic carbocycles. The van der Waals surface area contributed by atoms with E-state index in [2.05, 4.69) is 5.32 Å². The van der Waals surface area contributed by atoms with Gasteiger partial charge in [0.15, 0.2) is 0 Å². The first-order chi connectivity index (χ1) is 11.2. The molecule has 0 aromatic carbocycles. The fourth-order valence-corrected chi connectivity index (χ4v) is 3.99. The summed E-state index contributed by atoms with van der Waals surface area (Å²) in [5, 5.41) is 3.02. The van der Waals surface area contributed by atoms with Gasteiger partial charge < -0.3 is 10.2 Å². The smallest absolute Gasteiger partial charge is 0.222 e. The molecule has 0 radical (unpaired) electrons. The van der Waals surface area contributed by atoms with Crippen LogP contribution in [0.4, 0.5) is 0 Å². The van der Waals surface area contributed by atoms with Crippen LogP contribution in [0.5, 0.6) is 0 Å². The monoisotopic (exact) mass is 322 g/mol. The number of hydrogen-bond donors (Lipinski definition) is 1. The second kappa shape index (κ2) is 9.94. The quantitative estimate of drug-likeness (QED) is 0.780. The summed E-state index contributed by atoms with van der Waals surface area (Å²) in [6.45, 7) is 4.48. The van der Waals surface area contributed by atoms with Crippen molar-refractivity contribution >= 4 is 11.8 Å². The Morgan fingerprint density at radius 2 is 1.74 bits per heavy atom. The molecule has 1 aliphatic heterocycles. The number of carbonyl (C=O) groups is 2. The highest BCUT2D eigenvalue weighted by Crippen LogP contribution is 2.28. The lowest BCUT2D eigenvalue weighted by Crippen LogP contribution is -2.43. The first kappa shape index (κ1) is 18.3. The molecular weight excluding hydrogens is 288 g/mol. The lowest BCUT2D eigenvalue weighted by molar-refractivity contribution is -0.133. The van der Waals surface area contributed by atoms with E-state index in [4.69, 9.17) is 0 Å². The molecule has 0 bridgehead atoms. The van der Waals surface area contributed by atoms with E-state index in [0.29, 0.717) is 18.2 Å². The van der Waals surface area contributed by atoms with Gasteiger partial charge in [0.2, 0.25) is 11.8 Å². The van der Waals surface area contributed by atoms with Crippen molar-refractivity contribution in [1.82, 2.24) is 10.2 Å². The van der Waals surface area contributed by atoms with Crippen LogP contribution >= 0.6 is 0 Å². The third-order valence-electron chi connectivity index (χ3n) is 5.43. The van der Waals surface area contributed by atoms with Crippen LogP contribution in [0.2, 0.25) is 0 Å². The molecule has 0 aromatic rings. The van der Waals surface area contributed by atoms with Crippen molar-refractivity contribution in [3.05, 3.63) is 0 Å². The van der Waals surface area contributed by atoms with E-state index in [1.807, 2.05) is 11.8 Å². The van der Waals surface area contributed by atoms with Crippen molar-refractivity contribution in [2.75, 3.05) is 19.6 Å². The lowest BCUT2D eigenvalue weighted by Gasteiger charge is -2.33. The number of rotatable bonds is 7. The van der Waals surface area contributed by atoms with Crippen LogP contribution in [0.3, 0.4) is 0 Å². The fourth-order valence-electron chi connectivity index (χ4n) is 3.99. The van der Waals surface area contributed by atoms with E-state index in [0.717, 1.165) is 57.7 Å². The zero-order chi connectivity index (χ0) is 16.5. The molecule has 1 atom stereocenters. The number of likely N-dealkylation sites (tertiary alicyclic amines) is 1. The van der Waals surface area contributed by atoms with Crippen molar-refractivity contribution in [3.63, 3.8) is 0 Å². The molecule has 2 fully saturated rings. The topological polar surface area (TPSA) is 49.4 Å². The molecule has 1 saturated carbocycles. The molecule has 1 N–H and O–H groups in total. The van der Waals surface area contributed by atoms with E-state index in [-0.39, 0.29) is 5.91 Å². The Bertz CT molecular complexity index is 378. The van der Waals surface area contributed by atoms with Crippen LogP contribution in [-0.4, -0.2) is 36.3 Å². The van der Waals surface area contributed by atoms with Gasteiger partial charge in [-0.05, 0) is 37.5 Å². The highest BCUT2D eigenvalue weighted by molar-refractivity contribution is 5.76. The van der Waals surface area contributed by atoms with E-state index < -0.39 is 0 Å². The summed E-state index contributed by atoms with van der Waals surface area (Å²) in [6, 6.07) is 0. The van der Waals surface area contributed by atoms with Gasteiger partial charge in [-0.25, -0.2) is 0 Å². The normalized spacial score (nSPS) is 22.8. The van der Waals surface area contributed by atoms with Gasteiger partial charge in [0.1, 0.15) is 0 Å². The summed E-state index contributed by atoms with van der Waals surface area (Å²) in [4.78, 5) is 26.1. The van der Waals surface area contributed by atoms with E-state index in [1.54, 1.807) is 0 Å². The summed E-state index contributed by atoms with van der Waals surface area (Å²) in [5.74, 6) is 1.69. The van der Waals surface area contributed by atoms with Crippen LogP contribution in [0, 0.1) is 11.8 Å². The number of nitrogens with one attached hydrogen (secondary N) is 1. The number of piperidine rings is 1. The Labute approximate surface area is 141 Å². The van der Waals surface area contributed by atoms with Crippen molar-refractivity contribution in [2.45, 2.75) is 77.6 Å². The molecule has 23 heavy (non-hydrogen) atoms. The average molecular weight is 322 g/mol. The van der Waals surface area contributed by atoms with E-state index in [1.165, 1.54) is 32.1 Å². The molecule has 0 aromatic heterocycles. The molecule has 1 unspecified atom stereocenters. The Kier molecular flexibility index (Phi) is 7.90. The van der Waals surface area contributed by atoms with Gasteiger partial charge in [-0.2, -0.15) is 0 Å². The molecule has 132 valence electrons. The Morgan fingerprint density at radius 3 is 2.48 bits per heavy atom. The second-order valence-corrected chi connectivity index (χ2v) is 7.44. The van der Waals surface area contributed by atoms with Gasteiger partial charge in [-0.15, -0.1) is 0 Å². The summed E-state index contributed by atoms with van der Waals surface area (Å²) < 4.78 is 0. The van der Waals surface area contributed by atoms with Crippen molar-refractivity contribution in [3.8, 4) is 0 Å². The number of nitrogens with zero attached hydrogens (tertiary/aromatic N) is 1. The van der Waals surface area contributed by atoms with Crippen LogP contribution in [0.1, 0.15) is 77.6 Å². The van der Waals surface area contributed by atoms with E-state index in [9.17, 15) is 9.59 Å². The molecule has 2 rings (SSSR count). The van der Waals surface area contributed by atoms with Crippen molar-refractivity contribution in [2.24, 2.45) is 11.8 Å². The minimum absolute atomic E-state index is 0.147. The van der Waals surface area contributed by atoms with Crippen LogP contribution in [-0.2, 0) is 9.59 Å². The van der Waals surface area contributed by atoms with Gasteiger partial charge in [0.05, 0.1) is 0 Å². The standard InChI is InChI=1S/C19H34N2O2/c1-2-7-18(22)20-14-17-10-6-13-21(15-17)19(23)12-11-16-8-4-3-5-9-16/h16-17H,2-15H2,1H3,(H,20,22). The first-order valence-electron chi connectivity index (χ1n) is 9.73. The summed E-state index contributed by atoms with van der Waals surface area (Å²) in [6.07, 6.45) is 12.2. The van der Waals surface area contributed by atoms with Crippen LogP contribution < -0.4 is 5.32 Å². The summed E-state index contributed by atoms with van der Waals surface area (Å²) >= 11 is 0. The molecule has 2 aliphatic rings. The van der Waals surface area contributed by atoms with Gasteiger partial charge in [-0.1, -0.05) is 39.0 Å². The highest BCUT2D eigenvalue weighted by Gasteiger charge is 2.24. The Morgan fingerprint density at radius 1 is 1.00 bits per heavy atom. The largest absolute Gasteiger partial charge is 0.356 e. The lowest BCUT2D eigenvalue weighted by atomic mass is 9.86. The van der Waals surface area contributed by atoms with E-state index >= 15 is 0 Å². The van der Waals surface area contributed by atoms with Crippen molar-refractivity contribution < 1.29 is 9.59 Å². The first-order valence-corrected chi connectivity index (χ1v) is 9.73. The van der Waals surface area contributed by atoms with Gasteiger partial charge in [0, 0.05) is 32.5 Å². The highest BCUT2D eigenvalue weighted by atomic mass is 16.2. The van der Waals surface area contributed by atoms with Crippen LogP contribution in [0.15, 0.2) is 0 Å². The fraction of sp³-hybridized carbons (Fsp3) is 0.895. The SMILES string of the molecule is CCCC(=O)NCC1CCCN(C(=O)CCC2CCCCC2)C1. The predicted molar refractivity (Wildman–Crippen MR) is 93.0 cm³/mol. The number of amides is 2. The zero-order valence-corrected chi connectivity index (χ0v) is 14.8. The third kappa shape index (κ3) is 6.52. The Hall–Kier alpha value is -1.06. The third-order valence-corrected chi connectivity index (χ3v) is 5.43. The maximum absolute atomic E-state index is 12.5. The average Bonchev–Trinajstić information content (AvgIpc) is 2.59. The zero-order valence-electron chi connectivity index (χ0n) is 14.8. The van der Waals surface area contributed by atoms with Gasteiger partial charge >= 0.3 is 0 Å². The second-order valence-electron chi connectivity index (χ2n) is 7.44. The molecule has 1 saturated heterocycles. The maximum atomic E-state index is 12.5. The van der Waals surface area contributed by atoms with Crippen LogP contribution in [0.25, 0.3) is 0 Å². The molecule has 4 heteroatoms. The molecule has 1 heterocycles. The molecule has 0 spiro atoms. The minimum Gasteiger partial charge on any atom is -0.356 e. The minimum atomic E-state index is 0.147. The maximum Gasteiger partial charge on any atom is 0.222 e. The number of carbonyl (C=O) groups excluding carboxylic acids is 2. The van der Waals surface area contributed by atoms with Crippen molar-refractivity contribution in [1.29, 1.82) is 0 Å². The molecule has 4 nitrogen and oxygen atoms in total. The van der Waals surface area contributed by atoms with Gasteiger partial charge in [0.25, 0.3) is 0 Å². The Balaban J connectivity index is 1.67. The molecular formula is C19H34N2O2. The summed E-state index contributed by atoms with van der Waals surface area (Å²) in [5.41, 5.74) is 0. The molecule has 2 amide bonds. The predicted octanol–water partition coefficient (Wildman–Crippen LogP) is 3.50.